The van der Waals surface area contributed by atoms with Crippen LogP contribution in [0.2, 0.25) is 5.02 Å². The molecule has 1 N–H and O–H groups in total. The summed E-state index contributed by atoms with van der Waals surface area (Å²) in [6, 6.07) is 7.64. The van der Waals surface area contributed by atoms with E-state index in [2.05, 4.69) is 27.1 Å². The summed E-state index contributed by atoms with van der Waals surface area (Å²) in [6.45, 7) is 3.55. The van der Waals surface area contributed by atoms with Crippen molar-refractivity contribution in [2.24, 2.45) is 0 Å². The summed E-state index contributed by atoms with van der Waals surface area (Å²) in [6.07, 6.45) is 0.843. The Morgan fingerprint density at radius 3 is 2.95 bits per heavy atom. The highest BCUT2D eigenvalue weighted by Crippen LogP contribution is 2.17. The lowest BCUT2D eigenvalue weighted by Crippen LogP contribution is -2.20. The quantitative estimate of drug-likeness (QED) is 0.786. The van der Waals surface area contributed by atoms with Crippen LogP contribution in [0.1, 0.15) is 17.3 Å². The van der Waals surface area contributed by atoms with Gasteiger partial charge < -0.3 is 9.51 Å². The minimum Gasteiger partial charge on any atom is -0.360 e. The van der Waals surface area contributed by atoms with E-state index in [9.17, 15) is 0 Å². The van der Waals surface area contributed by atoms with E-state index in [0.717, 1.165) is 52.8 Å². The number of halogens is 1. The van der Waals surface area contributed by atoms with Crippen LogP contribution in [0, 0.1) is 6.92 Å². The predicted molar refractivity (Wildman–Crippen MR) is 82.4 cm³/mol. The largest absolute Gasteiger partial charge is 0.360 e. The number of likely N-dealkylation sites (N-methyl/N-ethyl adjacent to an activating group) is 1. The van der Waals surface area contributed by atoms with Gasteiger partial charge in [0.2, 0.25) is 0 Å². The minimum atomic E-state index is 0.718. The van der Waals surface area contributed by atoms with E-state index in [1.165, 1.54) is 0 Å². The van der Waals surface area contributed by atoms with Gasteiger partial charge in [0, 0.05) is 24.1 Å². The number of nitrogens with zero attached hydrogens (tertiary/aromatic N) is 3. The summed E-state index contributed by atoms with van der Waals surface area (Å²) in [5.74, 6) is 1.85. The third-order valence-electron chi connectivity index (χ3n) is 3.33. The van der Waals surface area contributed by atoms with Crippen LogP contribution >= 0.6 is 11.6 Å². The number of aromatic amines is 1. The summed E-state index contributed by atoms with van der Waals surface area (Å²) < 4.78 is 5.22. The van der Waals surface area contributed by atoms with Gasteiger partial charge in [-0.1, -0.05) is 16.8 Å². The third kappa shape index (κ3) is 3.43. The molecule has 6 heteroatoms. The first kappa shape index (κ1) is 14.1. The van der Waals surface area contributed by atoms with Gasteiger partial charge >= 0.3 is 0 Å². The molecule has 0 atom stereocenters. The Labute approximate surface area is 127 Å². The molecule has 2 heterocycles. The summed E-state index contributed by atoms with van der Waals surface area (Å²) >= 11 is 5.98. The van der Waals surface area contributed by atoms with E-state index in [4.69, 9.17) is 16.1 Å². The lowest BCUT2D eigenvalue weighted by Gasteiger charge is -2.13. The average Bonchev–Trinajstić information content (AvgIpc) is 3.02. The first-order valence-corrected chi connectivity index (χ1v) is 7.23. The first-order valence-electron chi connectivity index (χ1n) is 6.85. The topological polar surface area (TPSA) is 58.0 Å². The minimum absolute atomic E-state index is 0.718. The first-order chi connectivity index (χ1) is 10.1. The molecule has 0 spiro atoms. The van der Waals surface area contributed by atoms with Gasteiger partial charge in [-0.3, -0.25) is 4.90 Å². The van der Waals surface area contributed by atoms with Crippen LogP contribution in [0.5, 0.6) is 0 Å². The Hall–Kier alpha value is -1.85. The molecule has 2 aromatic heterocycles. The summed E-state index contributed by atoms with van der Waals surface area (Å²) in [7, 11) is 2.05. The maximum Gasteiger partial charge on any atom is 0.150 e. The fraction of sp³-hybridized carbons (Fsp3) is 0.333. The fourth-order valence-electron chi connectivity index (χ4n) is 2.29. The van der Waals surface area contributed by atoms with Crippen LogP contribution in [-0.2, 0) is 13.0 Å². The molecule has 110 valence electrons. The zero-order valence-electron chi connectivity index (χ0n) is 12.1. The zero-order chi connectivity index (χ0) is 14.8. The number of H-pyrrole nitrogens is 1. The maximum atomic E-state index is 5.98. The van der Waals surface area contributed by atoms with E-state index in [0.29, 0.717) is 0 Å². The number of fused-ring (bicyclic) bond motifs is 1. The van der Waals surface area contributed by atoms with Crippen molar-refractivity contribution in [2.45, 2.75) is 19.9 Å². The lowest BCUT2D eigenvalue weighted by molar-refractivity contribution is 0.273. The van der Waals surface area contributed by atoms with Crippen LogP contribution in [0.3, 0.4) is 0 Å². The SMILES string of the molecule is Cc1cc(CN(C)CCc2nc3ccc(Cl)cc3[nH]2)on1. The van der Waals surface area contributed by atoms with Crippen molar-refractivity contribution in [2.75, 3.05) is 13.6 Å². The number of nitrogens with one attached hydrogen (secondary N) is 1. The Kier molecular flexibility index (Phi) is 3.94. The Balaban J connectivity index is 1.60. The average molecular weight is 305 g/mol. The number of aryl methyl sites for hydroxylation is 1. The monoisotopic (exact) mass is 304 g/mol. The molecule has 0 unspecified atom stereocenters. The molecule has 0 amide bonds. The number of hydrogen-bond acceptors (Lipinski definition) is 4. The van der Waals surface area contributed by atoms with Crippen molar-refractivity contribution in [3.8, 4) is 0 Å². The van der Waals surface area contributed by atoms with E-state index < -0.39 is 0 Å². The van der Waals surface area contributed by atoms with Gasteiger partial charge in [0.15, 0.2) is 5.76 Å². The Morgan fingerprint density at radius 1 is 1.33 bits per heavy atom. The van der Waals surface area contributed by atoms with E-state index in [1.807, 2.05) is 31.2 Å². The fourth-order valence-corrected chi connectivity index (χ4v) is 2.46. The molecule has 0 aliphatic heterocycles. The molecule has 0 aliphatic rings. The van der Waals surface area contributed by atoms with E-state index in [-0.39, 0.29) is 0 Å². The molecule has 21 heavy (non-hydrogen) atoms. The van der Waals surface area contributed by atoms with Crippen LogP contribution < -0.4 is 0 Å². The van der Waals surface area contributed by atoms with Gasteiger partial charge in [-0.25, -0.2) is 4.98 Å². The summed E-state index contributed by atoms with van der Waals surface area (Å²) in [5.41, 5.74) is 2.83. The van der Waals surface area contributed by atoms with Crippen molar-refractivity contribution >= 4 is 22.6 Å². The van der Waals surface area contributed by atoms with Crippen LogP contribution in [0.4, 0.5) is 0 Å². The predicted octanol–water partition coefficient (Wildman–Crippen LogP) is 3.19. The molecule has 3 rings (SSSR count). The van der Waals surface area contributed by atoms with Gasteiger partial charge in [0.05, 0.1) is 23.3 Å². The van der Waals surface area contributed by atoms with Gasteiger partial charge in [-0.2, -0.15) is 0 Å². The number of rotatable bonds is 5. The van der Waals surface area contributed by atoms with Crippen molar-refractivity contribution in [3.63, 3.8) is 0 Å². The van der Waals surface area contributed by atoms with Gasteiger partial charge in [-0.05, 0) is 32.2 Å². The molecule has 0 fully saturated rings. The molecular weight excluding hydrogens is 288 g/mol. The van der Waals surface area contributed by atoms with E-state index >= 15 is 0 Å². The molecular formula is C15H17ClN4O. The van der Waals surface area contributed by atoms with Crippen molar-refractivity contribution in [1.29, 1.82) is 0 Å². The van der Waals surface area contributed by atoms with Gasteiger partial charge in [-0.15, -0.1) is 0 Å². The number of aromatic nitrogens is 3. The Bertz CT molecular complexity index is 749. The highest BCUT2D eigenvalue weighted by Gasteiger charge is 2.08. The number of hydrogen-bond donors (Lipinski definition) is 1. The molecule has 0 saturated heterocycles. The highest BCUT2D eigenvalue weighted by atomic mass is 35.5. The second-order valence-corrected chi connectivity index (χ2v) is 5.70. The molecule has 3 aromatic rings. The lowest BCUT2D eigenvalue weighted by atomic mass is 10.3. The summed E-state index contributed by atoms with van der Waals surface area (Å²) in [4.78, 5) is 10.0. The molecule has 5 nitrogen and oxygen atoms in total. The van der Waals surface area contributed by atoms with Gasteiger partial charge in [0.1, 0.15) is 5.82 Å². The maximum absolute atomic E-state index is 5.98. The highest BCUT2D eigenvalue weighted by molar-refractivity contribution is 6.31. The van der Waals surface area contributed by atoms with Crippen LogP contribution in [-0.4, -0.2) is 33.6 Å². The van der Waals surface area contributed by atoms with Gasteiger partial charge in [0.25, 0.3) is 0 Å². The molecule has 0 bridgehead atoms. The normalized spacial score (nSPS) is 11.6. The molecule has 0 aliphatic carbocycles. The van der Waals surface area contributed by atoms with E-state index in [1.54, 1.807) is 0 Å². The second-order valence-electron chi connectivity index (χ2n) is 5.27. The zero-order valence-corrected chi connectivity index (χ0v) is 12.8. The third-order valence-corrected chi connectivity index (χ3v) is 3.56. The smallest absolute Gasteiger partial charge is 0.150 e. The summed E-state index contributed by atoms with van der Waals surface area (Å²) in [5, 5.41) is 4.61. The van der Waals surface area contributed by atoms with Crippen LogP contribution in [0.25, 0.3) is 11.0 Å². The second kappa shape index (κ2) is 5.87. The Morgan fingerprint density at radius 2 is 2.19 bits per heavy atom. The standard InChI is InChI=1S/C15H17ClN4O/c1-10-7-12(21-19-10)9-20(2)6-5-15-17-13-4-3-11(16)8-14(13)18-15/h3-4,7-8H,5-6,9H2,1-2H3,(H,17,18). The number of imidazole rings is 1. The number of benzene rings is 1. The van der Waals surface area contributed by atoms with Crippen molar-refractivity contribution in [1.82, 2.24) is 20.0 Å². The van der Waals surface area contributed by atoms with Crippen molar-refractivity contribution in [3.05, 3.63) is 46.6 Å². The molecule has 0 radical (unpaired) electrons. The van der Waals surface area contributed by atoms with Crippen LogP contribution in [0.15, 0.2) is 28.8 Å². The van der Waals surface area contributed by atoms with Crippen molar-refractivity contribution < 1.29 is 4.52 Å². The molecule has 1 aromatic carbocycles. The molecule has 0 saturated carbocycles.